The molecule has 0 fully saturated rings. The highest BCUT2D eigenvalue weighted by Crippen LogP contribution is 2.16. The van der Waals surface area contributed by atoms with Gasteiger partial charge in [0.15, 0.2) is 0 Å². The summed E-state index contributed by atoms with van der Waals surface area (Å²) in [6.45, 7) is -0.281. The van der Waals surface area contributed by atoms with Crippen LogP contribution in [0.15, 0.2) is 42.5 Å². The molecular formula is C16H11F2NO2. The number of aliphatic hydroxyl groups is 1. The number of benzene rings is 2. The summed E-state index contributed by atoms with van der Waals surface area (Å²) in [6.07, 6.45) is 0. The summed E-state index contributed by atoms with van der Waals surface area (Å²) < 4.78 is 26.3. The lowest BCUT2D eigenvalue weighted by Gasteiger charge is -2.06. The Kier molecular flexibility index (Phi) is 4.64. The highest BCUT2D eigenvalue weighted by molar-refractivity contribution is 6.04. The van der Waals surface area contributed by atoms with Crippen LogP contribution in [0.4, 0.5) is 14.5 Å². The molecule has 0 aliphatic carbocycles. The van der Waals surface area contributed by atoms with E-state index < -0.39 is 17.5 Å². The molecule has 1 amide bonds. The van der Waals surface area contributed by atoms with E-state index in [1.54, 1.807) is 18.2 Å². The van der Waals surface area contributed by atoms with Gasteiger partial charge in [-0.25, -0.2) is 8.78 Å². The van der Waals surface area contributed by atoms with E-state index in [1.807, 2.05) is 0 Å². The second kappa shape index (κ2) is 6.64. The molecular weight excluding hydrogens is 276 g/mol. The number of amides is 1. The molecule has 21 heavy (non-hydrogen) atoms. The van der Waals surface area contributed by atoms with Gasteiger partial charge >= 0.3 is 0 Å². The lowest BCUT2D eigenvalue weighted by atomic mass is 10.1. The van der Waals surface area contributed by atoms with E-state index in [9.17, 15) is 13.6 Å². The van der Waals surface area contributed by atoms with Crippen molar-refractivity contribution >= 4 is 11.6 Å². The summed E-state index contributed by atoms with van der Waals surface area (Å²) >= 11 is 0. The van der Waals surface area contributed by atoms with E-state index in [1.165, 1.54) is 6.07 Å². The first-order valence-corrected chi connectivity index (χ1v) is 6.06. The molecule has 2 N–H and O–H groups in total. The fraction of sp³-hybridized carbons (Fsp3) is 0.0625. The SMILES string of the molecule is O=C(Nc1ccc(F)cc1F)c1cccc(C#CCO)c1. The second-order valence-electron chi connectivity index (χ2n) is 4.12. The Bertz CT molecular complexity index is 733. The fourth-order valence-electron chi connectivity index (χ4n) is 1.67. The van der Waals surface area contributed by atoms with Crippen LogP contribution in [0.5, 0.6) is 0 Å². The third-order valence-corrected chi connectivity index (χ3v) is 2.62. The van der Waals surface area contributed by atoms with Crippen molar-refractivity contribution in [2.45, 2.75) is 0 Å². The Balaban J connectivity index is 2.20. The standard InChI is InChI=1S/C16H11F2NO2/c17-13-6-7-15(14(18)10-13)19-16(21)12-5-1-3-11(9-12)4-2-8-20/h1,3,5-7,9-10,20H,8H2,(H,19,21). The number of halogens is 2. The molecule has 0 saturated carbocycles. The molecule has 0 spiro atoms. The first-order chi connectivity index (χ1) is 10.1. The van der Waals surface area contributed by atoms with Crippen LogP contribution in [0, 0.1) is 23.5 Å². The predicted molar refractivity (Wildman–Crippen MR) is 74.7 cm³/mol. The maximum atomic E-state index is 13.5. The Labute approximate surface area is 120 Å². The van der Waals surface area contributed by atoms with Crippen LogP contribution in [-0.2, 0) is 0 Å². The number of aliphatic hydroxyl groups excluding tert-OH is 1. The van der Waals surface area contributed by atoms with Gasteiger partial charge in [0.1, 0.15) is 18.2 Å². The topological polar surface area (TPSA) is 49.3 Å². The van der Waals surface area contributed by atoms with Crippen molar-refractivity contribution in [3.8, 4) is 11.8 Å². The molecule has 0 atom stereocenters. The molecule has 0 radical (unpaired) electrons. The van der Waals surface area contributed by atoms with E-state index in [-0.39, 0.29) is 17.9 Å². The number of carbonyl (C=O) groups is 1. The molecule has 0 aliphatic heterocycles. The van der Waals surface area contributed by atoms with Gasteiger partial charge in [-0.1, -0.05) is 17.9 Å². The molecule has 5 heteroatoms. The third-order valence-electron chi connectivity index (χ3n) is 2.62. The van der Waals surface area contributed by atoms with Crippen LogP contribution in [0.2, 0.25) is 0 Å². The van der Waals surface area contributed by atoms with E-state index in [2.05, 4.69) is 17.2 Å². The van der Waals surface area contributed by atoms with Gasteiger partial charge in [0.05, 0.1) is 5.69 Å². The van der Waals surface area contributed by atoms with Crippen molar-refractivity contribution in [2.75, 3.05) is 11.9 Å². The monoisotopic (exact) mass is 287 g/mol. The smallest absolute Gasteiger partial charge is 0.255 e. The first kappa shape index (κ1) is 14.7. The Hall–Kier alpha value is -2.71. The minimum atomic E-state index is -0.848. The van der Waals surface area contributed by atoms with E-state index in [4.69, 9.17) is 5.11 Å². The zero-order valence-corrected chi connectivity index (χ0v) is 10.9. The number of rotatable bonds is 2. The maximum Gasteiger partial charge on any atom is 0.255 e. The van der Waals surface area contributed by atoms with Crippen molar-refractivity contribution < 1.29 is 18.7 Å². The van der Waals surface area contributed by atoms with Crippen LogP contribution < -0.4 is 5.32 Å². The molecule has 106 valence electrons. The number of hydrogen-bond acceptors (Lipinski definition) is 2. The predicted octanol–water partition coefficient (Wildman–Crippen LogP) is 2.56. The minimum Gasteiger partial charge on any atom is -0.384 e. The van der Waals surface area contributed by atoms with Crippen LogP contribution >= 0.6 is 0 Å². The van der Waals surface area contributed by atoms with Gasteiger partial charge in [0.2, 0.25) is 0 Å². The largest absolute Gasteiger partial charge is 0.384 e. The van der Waals surface area contributed by atoms with E-state index in [0.29, 0.717) is 11.6 Å². The lowest BCUT2D eigenvalue weighted by Crippen LogP contribution is -2.13. The van der Waals surface area contributed by atoms with Crippen molar-refractivity contribution in [3.63, 3.8) is 0 Å². The van der Waals surface area contributed by atoms with Crippen molar-refractivity contribution in [1.29, 1.82) is 0 Å². The van der Waals surface area contributed by atoms with Gasteiger partial charge < -0.3 is 10.4 Å². The maximum absolute atomic E-state index is 13.5. The number of anilines is 1. The summed E-state index contributed by atoms with van der Waals surface area (Å²) in [5.74, 6) is 3.04. The van der Waals surface area contributed by atoms with Gasteiger partial charge in [-0.2, -0.15) is 0 Å². The lowest BCUT2D eigenvalue weighted by molar-refractivity contribution is 0.102. The molecule has 2 aromatic rings. The van der Waals surface area contributed by atoms with Crippen LogP contribution in [0.25, 0.3) is 0 Å². The zero-order valence-electron chi connectivity index (χ0n) is 10.9. The molecule has 2 rings (SSSR count). The molecule has 2 aromatic carbocycles. The zero-order chi connectivity index (χ0) is 15.2. The Morgan fingerprint density at radius 1 is 1.19 bits per heavy atom. The number of nitrogens with one attached hydrogen (secondary N) is 1. The Morgan fingerprint density at radius 3 is 2.71 bits per heavy atom. The van der Waals surface area contributed by atoms with Crippen molar-refractivity contribution in [3.05, 3.63) is 65.2 Å². The molecule has 0 aromatic heterocycles. The highest BCUT2D eigenvalue weighted by atomic mass is 19.1. The van der Waals surface area contributed by atoms with E-state index in [0.717, 1.165) is 12.1 Å². The van der Waals surface area contributed by atoms with Gasteiger partial charge in [-0.05, 0) is 30.3 Å². The molecule has 0 bridgehead atoms. The summed E-state index contributed by atoms with van der Waals surface area (Å²) in [6, 6.07) is 9.26. The molecule has 0 heterocycles. The third kappa shape index (κ3) is 3.88. The number of carbonyl (C=O) groups excluding carboxylic acids is 1. The average Bonchev–Trinajstić information content (AvgIpc) is 2.48. The minimum absolute atomic E-state index is 0.103. The van der Waals surface area contributed by atoms with Crippen LogP contribution in [0.1, 0.15) is 15.9 Å². The molecule has 3 nitrogen and oxygen atoms in total. The quantitative estimate of drug-likeness (QED) is 0.834. The molecule has 0 aliphatic rings. The fourth-order valence-corrected chi connectivity index (χ4v) is 1.67. The summed E-state index contributed by atoms with van der Waals surface area (Å²) in [5, 5.41) is 11.0. The summed E-state index contributed by atoms with van der Waals surface area (Å²) in [7, 11) is 0. The summed E-state index contributed by atoms with van der Waals surface area (Å²) in [5.41, 5.74) is 0.730. The Morgan fingerprint density at radius 2 is 2.00 bits per heavy atom. The highest BCUT2D eigenvalue weighted by Gasteiger charge is 2.10. The summed E-state index contributed by atoms with van der Waals surface area (Å²) in [4.78, 5) is 12.0. The first-order valence-electron chi connectivity index (χ1n) is 6.06. The normalized spacial score (nSPS) is 9.67. The van der Waals surface area contributed by atoms with Gasteiger partial charge in [-0.3, -0.25) is 4.79 Å². The van der Waals surface area contributed by atoms with Gasteiger partial charge in [0, 0.05) is 17.2 Å². The molecule has 0 saturated heterocycles. The second-order valence-corrected chi connectivity index (χ2v) is 4.12. The van der Waals surface area contributed by atoms with Crippen LogP contribution in [-0.4, -0.2) is 17.6 Å². The van der Waals surface area contributed by atoms with Gasteiger partial charge in [-0.15, -0.1) is 0 Å². The van der Waals surface area contributed by atoms with E-state index >= 15 is 0 Å². The van der Waals surface area contributed by atoms with Crippen molar-refractivity contribution in [2.24, 2.45) is 0 Å². The van der Waals surface area contributed by atoms with Gasteiger partial charge in [0.25, 0.3) is 5.91 Å². The van der Waals surface area contributed by atoms with Crippen LogP contribution in [0.3, 0.4) is 0 Å². The molecule has 0 unspecified atom stereocenters. The average molecular weight is 287 g/mol. The number of hydrogen-bond donors (Lipinski definition) is 2. The van der Waals surface area contributed by atoms with Crippen molar-refractivity contribution in [1.82, 2.24) is 0 Å².